The van der Waals surface area contributed by atoms with Crippen LogP contribution in [0.15, 0.2) is 65.7 Å². The molecule has 0 saturated carbocycles. The highest BCUT2D eigenvalue weighted by molar-refractivity contribution is 7.11. The largest absolute Gasteiger partial charge is 0.510 e. The number of nitrogens with one attached hydrogen (secondary N) is 1. The maximum Gasteiger partial charge on any atom is 0.416 e. The summed E-state index contributed by atoms with van der Waals surface area (Å²) in [4.78, 5) is 6.26. The first kappa shape index (κ1) is 20.2. The molecule has 3 aromatic rings. The molecular weight excluding hydrogens is 411 g/mol. The van der Waals surface area contributed by atoms with Crippen molar-refractivity contribution in [2.45, 2.75) is 19.1 Å². The lowest BCUT2D eigenvalue weighted by Crippen LogP contribution is -2.29. The van der Waals surface area contributed by atoms with Crippen molar-refractivity contribution in [2.24, 2.45) is 0 Å². The molecule has 154 valence electrons. The molecule has 1 aromatic heterocycles. The Morgan fingerprint density at radius 1 is 1.10 bits per heavy atom. The van der Waals surface area contributed by atoms with Gasteiger partial charge < -0.3 is 10.0 Å². The average molecular weight is 429 g/mol. The van der Waals surface area contributed by atoms with E-state index in [0.29, 0.717) is 21.8 Å². The third-order valence-corrected chi connectivity index (χ3v) is 5.97. The zero-order valence-corrected chi connectivity index (χ0v) is 16.8. The standard InChI is InChI=1S/C22H18F3N3OS/c1-13(14-5-3-2-4-6-14)28-11-18(29)19(20(28)26)21-27-17(12-30-21)15-7-9-16(10-8-15)22(23,24)25/h2-10,12-13,26,29H,11H2,1H3. The van der Waals surface area contributed by atoms with Crippen LogP contribution in [-0.2, 0) is 6.18 Å². The lowest BCUT2D eigenvalue weighted by Gasteiger charge is -2.26. The Balaban J connectivity index is 1.57. The molecule has 0 amide bonds. The van der Waals surface area contributed by atoms with Gasteiger partial charge in [0.15, 0.2) is 0 Å². The van der Waals surface area contributed by atoms with E-state index in [1.807, 2.05) is 37.3 Å². The van der Waals surface area contributed by atoms with Gasteiger partial charge in [-0.2, -0.15) is 13.2 Å². The number of halogens is 3. The molecule has 1 aliphatic rings. The predicted octanol–water partition coefficient (Wildman–Crippen LogP) is 6.15. The minimum atomic E-state index is -4.39. The number of hydrogen-bond donors (Lipinski definition) is 2. The molecule has 30 heavy (non-hydrogen) atoms. The summed E-state index contributed by atoms with van der Waals surface area (Å²) in [6.45, 7) is 2.18. The summed E-state index contributed by atoms with van der Waals surface area (Å²) in [5, 5.41) is 21.3. The molecule has 1 atom stereocenters. The molecule has 4 nitrogen and oxygen atoms in total. The molecule has 0 fully saturated rings. The topological polar surface area (TPSA) is 60.2 Å². The minimum Gasteiger partial charge on any atom is -0.510 e. The van der Waals surface area contributed by atoms with E-state index in [1.54, 1.807) is 10.3 Å². The SMILES string of the molecule is CC(c1ccccc1)N1CC(O)=C(c2nc(-c3ccc(C(F)(F)F)cc3)cs2)C1=N. The molecular formula is C22H18F3N3OS. The van der Waals surface area contributed by atoms with Crippen LogP contribution < -0.4 is 0 Å². The van der Waals surface area contributed by atoms with Crippen LogP contribution in [0.2, 0.25) is 0 Å². The molecule has 2 N–H and O–H groups in total. The smallest absolute Gasteiger partial charge is 0.416 e. The fraction of sp³-hybridized carbons (Fsp3) is 0.182. The lowest BCUT2D eigenvalue weighted by atomic mass is 10.1. The van der Waals surface area contributed by atoms with Crippen molar-refractivity contribution >= 4 is 22.7 Å². The number of amidine groups is 1. The zero-order valence-electron chi connectivity index (χ0n) is 15.9. The summed E-state index contributed by atoms with van der Waals surface area (Å²) in [6, 6.07) is 14.4. The van der Waals surface area contributed by atoms with Crippen molar-refractivity contribution in [3.8, 4) is 11.3 Å². The van der Waals surface area contributed by atoms with Crippen LogP contribution in [0.5, 0.6) is 0 Å². The monoisotopic (exact) mass is 429 g/mol. The lowest BCUT2D eigenvalue weighted by molar-refractivity contribution is -0.137. The molecule has 4 rings (SSSR count). The first-order valence-electron chi connectivity index (χ1n) is 9.22. The van der Waals surface area contributed by atoms with Crippen molar-refractivity contribution in [2.75, 3.05) is 6.54 Å². The van der Waals surface area contributed by atoms with Crippen molar-refractivity contribution in [3.05, 3.63) is 81.9 Å². The van der Waals surface area contributed by atoms with Gasteiger partial charge in [-0.15, -0.1) is 11.3 Å². The van der Waals surface area contributed by atoms with Crippen LogP contribution in [0, 0.1) is 5.41 Å². The second-order valence-electron chi connectivity index (χ2n) is 7.00. The van der Waals surface area contributed by atoms with Crippen molar-refractivity contribution in [1.82, 2.24) is 9.88 Å². The third kappa shape index (κ3) is 3.70. The second-order valence-corrected chi connectivity index (χ2v) is 7.86. The second kappa shape index (κ2) is 7.60. The Morgan fingerprint density at radius 3 is 2.40 bits per heavy atom. The van der Waals surface area contributed by atoms with Crippen LogP contribution in [0.25, 0.3) is 16.8 Å². The highest BCUT2D eigenvalue weighted by Gasteiger charge is 2.34. The summed E-state index contributed by atoms with van der Waals surface area (Å²) in [7, 11) is 0. The summed E-state index contributed by atoms with van der Waals surface area (Å²) < 4.78 is 38.3. The number of alkyl halides is 3. The van der Waals surface area contributed by atoms with E-state index >= 15 is 0 Å². The van der Waals surface area contributed by atoms with Crippen LogP contribution >= 0.6 is 11.3 Å². The first-order valence-corrected chi connectivity index (χ1v) is 10.1. The van der Waals surface area contributed by atoms with Gasteiger partial charge in [0, 0.05) is 10.9 Å². The third-order valence-electron chi connectivity index (χ3n) is 5.11. The van der Waals surface area contributed by atoms with E-state index in [2.05, 4.69) is 4.98 Å². The van der Waals surface area contributed by atoms with Crippen LogP contribution in [-0.4, -0.2) is 27.4 Å². The number of thiazole rings is 1. The van der Waals surface area contributed by atoms with E-state index in [4.69, 9.17) is 5.41 Å². The molecule has 0 bridgehead atoms. The molecule has 0 spiro atoms. The van der Waals surface area contributed by atoms with E-state index in [9.17, 15) is 18.3 Å². The van der Waals surface area contributed by atoms with E-state index in [1.165, 1.54) is 23.5 Å². The first-order chi connectivity index (χ1) is 14.3. The molecule has 2 heterocycles. The van der Waals surface area contributed by atoms with Gasteiger partial charge >= 0.3 is 6.18 Å². The van der Waals surface area contributed by atoms with Gasteiger partial charge in [0.2, 0.25) is 0 Å². The van der Waals surface area contributed by atoms with E-state index in [-0.39, 0.29) is 24.2 Å². The van der Waals surface area contributed by atoms with Gasteiger partial charge in [0.1, 0.15) is 16.6 Å². The van der Waals surface area contributed by atoms with E-state index in [0.717, 1.165) is 17.7 Å². The molecule has 1 aliphatic heterocycles. The highest BCUT2D eigenvalue weighted by Crippen LogP contribution is 2.36. The van der Waals surface area contributed by atoms with Gasteiger partial charge in [-0.1, -0.05) is 42.5 Å². The normalized spacial score (nSPS) is 15.7. The van der Waals surface area contributed by atoms with Crippen molar-refractivity contribution in [1.29, 1.82) is 5.41 Å². The summed E-state index contributed by atoms with van der Waals surface area (Å²) in [5.41, 5.74) is 1.73. The van der Waals surface area contributed by atoms with Crippen molar-refractivity contribution in [3.63, 3.8) is 0 Å². The maximum absolute atomic E-state index is 12.8. The molecule has 8 heteroatoms. The fourth-order valence-corrected chi connectivity index (χ4v) is 4.31. The number of nitrogens with zero attached hydrogens (tertiary/aromatic N) is 2. The Morgan fingerprint density at radius 2 is 1.77 bits per heavy atom. The maximum atomic E-state index is 12.8. The van der Waals surface area contributed by atoms with Crippen molar-refractivity contribution < 1.29 is 18.3 Å². The molecule has 0 radical (unpaired) electrons. The van der Waals surface area contributed by atoms with Crippen LogP contribution in [0.1, 0.15) is 29.1 Å². The summed E-state index contributed by atoms with van der Waals surface area (Å²) >= 11 is 1.25. The van der Waals surface area contributed by atoms with Gasteiger partial charge in [-0.25, -0.2) is 4.98 Å². The van der Waals surface area contributed by atoms with Gasteiger partial charge in [0.05, 0.1) is 29.4 Å². The Hall–Kier alpha value is -3.13. The number of rotatable bonds is 4. The Kier molecular flexibility index (Phi) is 5.11. The average Bonchev–Trinajstić information content (AvgIpc) is 3.32. The molecule has 0 aliphatic carbocycles. The van der Waals surface area contributed by atoms with Crippen LogP contribution in [0.4, 0.5) is 13.2 Å². The predicted molar refractivity (Wildman–Crippen MR) is 111 cm³/mol. The number of aliphatic hydroxyl groups excluding tert-OH is 1. The minimum absolute atomic E-state index is 0.0658. The zero-order chi connectivity index (χ0) is 21.5. The van der Waals surface area contributed by atoms with E-state index < -0.39 is 11.7 Å². The number of aliphatic hydroxyl groups is 1. The Labute approximate surface area is 175 Å². The molecule has 2 aromatic carbocycles. The molecule has 1 unspecified atom stereocenters. The highest BCUT2D eigenvalue weighted by atomic mass is 32.1. The molecule has 0 saturated heterocycles. The van der Waals surface area contributed by atoms with Gasteiger partial charge in [-0.3, -0.25) is 5.41 Å². The summed E-state index contributed by atoms with van der Waals surface area (Å²) in [6.07, 6.45) is -4.39. The number of benzene rings is 2. The van der Waals surface area contributed by atoms with Gasteiger partial charge in [-0.05, 0) is 24.6 Å². The Bertz CT molecular complexity index is 1100. The number of aromatic nitrogens is 1. The fourth-order valence-electron chi connectivity index (χ4n) is 3.42. The van der Waals surface area contributed by atoms with Crippen LogP contribution in [0.3, 0.4) is 0 Å². The van der Waals surface area contributed by atoms with Gasteiger partial charge in [0.25, 0.3) is 0 Å². The summed E-state index contributed by atoms with van der Waals surface area (Å²) in [5.74, 6) is 0.244. The quantitative estimate of drug-likeness (QED) is 0.523. The number of hydrogen-bond acceptors (Lipinski definition) is 4.